The molecule has 112 valence electrons. The Morgan fingerprint density at radius 1 is 1.38 bits per heavy atom. The van der Waals surface area contributed by atoms with Crippen LogP contribution in [-0.2, 0) is 14.3 Å². The lowest BCUT2D eigenvalue weighted by molar-refractivity contribution is -0.144. The molecule has 0 bridgehead atoms. The molecule has 1 aromatic rings. The Hall–Kier alpha value is -1.88. The maximum Gasteiger partial charge on any atom is 0.331 e. The molecule has 21 heavy (non-hydrogen) atoms. The molecule has 0 aromatic heterocycles. The largest absolute Gasteiger partial charge is 0.474 e. The highest BCUT2D eigenvalue weighted by atomic mass is 16.5. The number of carbonyl (C=O) groups is 1. The molecular weight excluding hydrogens is 270 g/mol. The summed E-state index contributed by atoms with van der Waals surface area (Å²) in [5.41, 5.74) is 0.859. The van der Waals surface area contributed by atoms with E-state index >= 15 is 0 Å². The first-order chi connectivity index (χ1) is 10.2. The Morgan fingerprint density at radius 2 is 2.14 bits per heavy atom. The van der Waals surface area contributed by atoms with Crippen LogP contribution in [0, 0.1) is 11.8 Å². The Labute approximate surface area is 123 Å². The van der Waals surface area contributed by atoms with Gasteiger partial charge in [0.2, 0.25) is 5.90 Å². The van der Waals surface area contributed by atoms with Gasteiger partial charge >= 0.3 is 5.97 Å². The van der Waals surface area contributed by atoms with Crippen molar-refractivity contribution in [3.8, 4) is 0 Å². The lowest BCUT2D eigenvalue weighted by Gasteiger charge is -2.30. The minimum Gasteiger partial charge on any atom is -0.474 e. The van der Waals surface area contributed by atoms with Crippen molar-refractivity contribution in [3.63, 3.8) is 0 Å². The number of aliphatic imine (C=N–C) groups is 1. The van der Waals surface area contributed by atoms with E-state index in [1.54, 1.807) is 0 Å². The summed E-state index contributed by atoms with van der Waals surface area (Å²) in [6.45, 7) is 0.116. The number of ether oxygens (including phenoxy) is 2. The third-order valence-corrected chi connectivity index (χ3v) is 4.30. The number of esters is 1. The molecule has 2 aliphatic rings. The van der Waals surface area contributed by atoms with Gasteiger partial charge in [0.05, 0.1) is 7.11 Å². The van der Waals surface area contributed by atoms with Gasteiger partial charge in [-0.25, -0.2) is 9.79 Å². The van der Waals surface area contributed by atoms with Gasteiger partial charge in [0, 0.05) is 18.1 Å². The molecule has 1 fully saturated rings. The van der Waals surface area contributed by atoms with E-state index in [-0.39, 0.29) is 30.5 Å². The molecule has 0 amide bonds. The summed E-state index contributed by atoms with van der Waals surface area (Å²) in [5, 5.41) is 9.37. The number of carbonyl (C=O) groups excluding carboxylic acids is 1. The van der Waals surface area contributed by atoms with Crippen molar-refractivity contribution in [3.05, 3.63) is 35.9 Å². The smallest absolute Gasteiger partial charge is 0.331 e. The quantitative estimate of drug-likeness (QED) is 0.854. The molecule has 0 unspecified atom stereocenters. The first-order valence-electron chi connectivity index (χ1n) is 7.21. The van der Waals surface area contributed by atoms with Gasteiger partial charge in [0.15, 0.2) is 6.04 Å². The fourth-order valence-corrected chi connectivity index (χ4v) is 3.22. The Balaban J connectivity index is 1.92. The fourth-order valence-electron chi connectivity index (χ4n) is 3.22. The lowest BCUT2D eigenvalue weighted by atomic mass is 9.94. The summed E-state index contributed by atoms with van der Waals surface area (Å²) in [6.07, 6.45) is 1.41. The Kier molecular flexibility index (Phi) is 3.92. The molecule has 5 heteroatoms. The van der Waals surface area contributed by atoms with Gasteiger partial charge < -0.3 is 14.6 Å². The first-order valence-corrected chi connectivity index (χ1v) is 7.21. The van der Waals surface area contributed by atoms with E-state index in [0.29, 0.717) is 5.90 Å². The van der Waals surface area contributed by atoms with Gasteiger partial charge in [-0.2, -0.15) is 0 Å². The van der Waals surface area contributed by atoms with Crippen molar-refractivity contribution in [1.29, 1.82) is 0 Å². The van der Waals surface area contributed by atoms with Crippen LogP contribution in [0.4, 0.5) is 0 Å². The molecule has 1 aromatic carbocycles. The number of aliphatic hydroxyl groups is 1. The lowest BCUT2D eigenvalue weighted by Crippen LogP contribution is -2.41. The second-order valence-corrected chi connectivity index (χ2v) is 5.61. The van der Waals surface area contributed by atoms with Gasteiger partial charge in [-0.05, 0) is 30.9 Å². The number of hydrogen-bond acceptors (Lipinski definition) is 5. The van der Waals surface area contributed by atoms with Crippen LogP contribution in [-0.4, -0.2) is 42.8 Å². The van der Waals surface area contributed by atoms with E-state index in [9.17, 15) is 9.90 Å². The molecule has 1 saturated carbocycles. The average Bonchev–Trinajstić information content (AvgIpc) is 2.97. The first kappa shape index (κ1) is 14.1. The van der Waals surface area contributed by atoms with Gasteiger partial charge in [-0.1, -0.05) is 18.2 Å². The number of rotatable bonds is 3. The summed E-state index contributed by atoms with van der Waals surface area (Å²) in [4.78, 5) is 16.5. The van der Waals surface area contributed by atoms with Gasteiger partial charge in [0.25, 0.3) is 0 Å². The highest BCUT2D eigenvalue weighted by Crippen LogP contribution is 2.40. The monoisotopic (exact) mass is 289 g/mol. The summed E-state index contributed by atoms with van der Waals surface area (Å²) < 4.78 is 10.9. The Bertz CT molecular complexity index is 542. The molecule has 0 spiro atoms. The molecule has 1 aliphatic carbocycles. The van der Waals surface area contributed by atoms with Gasteiger partial charge in [-0.3, -0.25) is 0 Å². The molecule has 5 nitrogen and oxygen atoms in total. The minimum absolute atomic E-state index is 0.0120. The molecule has 3 rings (SSSR count). The number of methoxy groups -OCH3 is 1. The van der Waals surface area contributed by atoms with Crippen LogP contribution < -0.4 is 0 Å². The van der Waals surface area contributed by atoms with Crippen molar-refractivity contribution in [2.24, 2.45) is 16.8 Å². The van der Waals surface area contributed by atoms with Crippen molar-refractivity contribution in [2.75, 3.05) is 13.7 Å². The third kappa shape index (κ3) is 2.65. The predicted molar refractivity (Wildman–Crippen MR) is 77.0 cm³/mol. The van der Waals surface area contributed by atoms with Crippen molar-refractivity contribution >= 4 is 11.9 Å². The SMILES string of the molecule is COC(=O)[C@@H]1N=C(c2ccccc2)O[C@@H]2C[C@H](CO)C[C@@H]21. The van der Waals surface area contributed by atoms with E-state index in [0.717, 1.165) is 18.4 Å². The van der Waals surface area contributed by atoms with E-state index in [1.165, 1.54) is 7.11 Å². The molecule has 1 heterocycles. The molecule has 1 N–H and O–H groups in total. The molecule has 4 atom stereocenters. The number of aliphatic hydroxyl groups excluding tert-OH is 1. The van der Waals surface area contributed by atoms with Gasteiger partial charge in [-0.15, -0.1) is 0 Å². The predicted octanol–water partition coefficient (Wildman–Crippen LogP) is 1.39. The minimum atomic E-state index is -0.541. The third-order valence-electron chi connectivity index (χ3n) is 4.30. The van der Waals surface area contributed by atoms with Crippen molar-refractivity contribution < 1.29 is 19.4 Å². The summed E-state index contributed by atoms with van der Waals surface area (Å²) in [6, 6.07) is 9.01. The summed E-state index contributed by atoms with van der Waals surface area (Å²) in [7, 11) is 1.38. The second-order valence-electron chi connectivity index (χ2n) is 5.61. The molecular formula is C16H19NO4. The zero-order chi connectivity index (χ0) is 14.8. The zero-order valence-electron chi connectivity index (χ0n) is 11.9. The topological polar surface area (TPSA) is 68.1 Å². The Morgan fingerprint density at radius 3 is 2.81 bits per heavy atom. The standard InChI is InChI=1S/C16H19NO4/c1-20-16(19)14-12-7-10(9-18)8-13(12)21-15(17-14)11-5-3-2-4-6-11/h2-6,10,12-14,18H,7-9H2,1H3/t10-,12+,13-,14-/m1/s1. The van der Waals surface area contributed by atoms with E-state index < -0.39 is 6.04 Å². The summed E-state index contributed by atoms with van der Waals surface area (Å²) >= 11 is 0. The van der Waals surface area contributed by atoms with E-state index in [4.69, 9.17) is 9.47 Å². The molecule has 1 aliphatic heterocycles. The zero-order valence-corrected chi connectivity index (χ0v) is 11.9. The normalized spacial score (nSPS) is 31.0. The summed E-state index contributed by atoms with van der Waals surface area (Å²) in [5.74, 6) is 0.311. The number of hydrogen-bond donors (Lipinski definition) is 1. The second kappa shape index (κ2) is 5.85. The van der Waals surface area contributed by atoms with E-state index in [2.05, 4.69) is 4.99 Å². The van der Waals surface area contributed by atoms with Crippen LogP contribution in [0.15, 0.2) is 35.3 Å². The highest BCUT2D eigenvalue weighted by Gasteiger charge is 2.46. The van der Waals surface area contributed by atoms with Crippen LogP contribution in [0.25, 0.3) is 0 Å². The van der Waals surface area contributed by atoms with Crippen molar-refractivity contribution in [2.45, 2.75) is 25.0 Å². The van der Waals surface area contributed by atoms with Gasteiger partial charge in [0.1, 0.15) is 6.10 Å². The van der Waals surface area contributed by atoms with Crippen LogP contribution >= 0.6 is 0 Å². The van der Waals surface area contributed by atoms with Crippen LogP contribution in [0.2, 0.25) is 0 Å². The van der Waals surface area contributed by atoms with Crippen LogP contribution in [0.1, 0.15) is 18.4 Å². The fraction of sp³-hybridized carbons (Fsp3) is 0.500. The number of nitrogens with zero attached hydrogens (tertiary/aromatic N) is 1. The number of fused-ring (bicyclic) bond motifs is 1. The number of benzene rings is 1. The molecule has 0 radical (unpaired) electrons. The van der Waals surface area contributed by atoms with E-state index in [1.807, 2.05) is 30.3 Å². The van der Waals surface area contributed by atoms with Crippen molar-refractivity contribution in [1.82, 2.24) is 0 Å². The highest BCUT2D eigenvalue weighted by molar-refractivity contribution is 5.96. The van der Waals surface area contributed by atoms with Crippen LogP contribution in [0.3, 0.4) is 0 Å². The maximum absolute atomic E-state index is 12.0. The average molecular weight is 289 g/mol. The van der Waals surface area contributed by atoms with Crippen LogP contribution in [0.5, 0.6) is 0 Å². The molecule has 0 saturated heterocycles. The maximum atomic E-state index is 12.0.